The lowest BCUT2D eigenvalue weighted by molar-refractivity contribution is -0.140. The zero-order valence-electron chi connectivity index (χ0n) is 21.9. The molecule has 1 aromatic heterocycles. The third kappa shape index (κ3) is 6.67. The molecule has 0 spiro atoms. The average molecular weight is 507 g/mol. The van der Waals surface area contributed by atoms with Crippen molar-refractivity contribution in [2.45, 2.75) is 71.3 Å². The molecule has 8 nitrogen and oxygen atoms in total. The molecule has 0 saturated carbocycles. The predicted octanol–water partition coefficient (Wildman–Crippen LogP) is 3.76. The second-order valence-corrected chi connectivity index (χ2v) is 10.2. The number of aromatic nitrogens is 1. The van der Waals surface area contributed by atoms with Gasteiger partial charge in [0.1, 0.15) is 11.9 Å². The number of aryl methyl sites for hydroxylation is 4. The smallest absolute Gasteiger partial charge is 0.326 e. The molecule has 8 heteroatoms. The zero-order chi connectivity index (χ0) is 26.4. The minimum Gasteiger partial charge on any atom is -0.480 e. The number of rotatable bonds is 9. The maximum atomic E-state index is 13.0. The molecule has 1 aromatic carbocycles. The molecular formula is C29H38N4O4. The van der Waals surface area contributed by atoms with Crippen LogP contribution >= 0.6 is 0 Å². The fourth-order valence-electron chi connectivity index (χ4n) is 5.45. The standard InChI is InChI=1S/C29H38N4O4/c1-3-21-7-4-6-19(2)26(21)28(35)32-24(29(36)37)18-20-13-16-33(17-14-20)25(34)12-11-23-10-9-22-8-5-15-30-27(22)31-23/h4,6-7,9-10,20,24H,3,5,8,11-18H2,1-2H3,(H,30,31)(H,32,35)(H,36,37). The number of benzene rings is 1. The molecule has 2 aromatic rings. The molecule has 0 radical (unpaired) electrons. The number of hydrogen-bond donors (Lipinski definition) is 3. The zero-order valence-corrected chi connectivity index (χ0v) is 21.9. The van der Waals surface area contributed by atoms with Crippen LogP contribution < -0.4 is 10.6 Å². The number of carbonyl (C=O) groups excluding carboxylic acids is 2. The first-order valence-electron chi connectivity index (χ1n) is 13.5. The summed E-state index contributed by atoms with van der Waals surface area (Å²) in [6.07, 6.45) is 5.72. The first kappa shape index (κ1) is 26.6. The topological polar surface area (TPSA) is 112 Å². The number of carboxylic acid groups (broad SMARTS) is 1. The van der Waals surface area contributed by atoms with E-state index >= 15 is 0 Å². The van der Waals surface area contributed by atoms with Crippen LogP contribution in [0.1, 0.15) is 71.8 Å². The Kier molecular flexibility index (Phi) is 8.79. The molecule has 1 atom stereocenters. The van der Waals surface area contributed by atoms with E-state index < -0.39 is 12.0 Å². The van der Waals surface area contributed by atoms with Crippen molar-refractivity contribution in [1.82, 2.24) is 15.2 Å². The second kappa shape index (κ2) is 12.2. The van der Waals surface area contributed by atoms with Gasteiger partial charge in [-0.25, -0.2) is 9.78 Å². The van der Waals surface area contributed by atoms with Gasteiger partial charge in [-0.3, -0.25) is 9.59 Å². The maximum Gasteiger partial charge on any atom is 0.326 e. The van der Waals surface area contributed by atoms with E-state index in [9.17, 15) is 19.5 Å². The lowest BCUT2D eigenvalue weighted by Gasteiger charge is -2.33. The highest BCUT2D eigenvalue weighted by atomic mass is 16.4. The van der Waals surface area contributed by atoms with Gasteiger partial charge in [0.2, 0.25) is 5.91 Å². The van der Waals surface area contributed by atoms with Gasteiger partial charge in [0.15, 0.2) is 0 Å². The monoisotopic (exact) mass is 506 g/mol. The molecule has 2 aliphatic heterocycles. The number of nitrogens with one attached hydrogen (secondary N) is 2. The third-order valence-corrected chi connectivity index (χ3v) is 7.65. The number of piperidine rings is 1. The number of anilines is 1. The van der Waals surface area contributed by atoms with Crippen molar-refractivity contribution >= 4 is 23.6 Å². The van der Waals surface area contributed by atoms with Crippen molar-refractivity contribution in [3.63, 3.8) is 0 Å². The van der Waals surface area contributed by atoms with Crippen LogP contribution in [0.15, 0.2) is 30.3 Å². The number of hydrogen-bond acceptors (Lipinski definition) is 5. The normalized spacial score (nSPS) is 16.4. The summed E-state index contributed by atoms with van der Waals surface area (Å²) in [5.74, 6) is -0.154. The Morgan fingerprint density at radius 3 is 2.70 bits per heavy atom. The number of nitrogens with zero attached hydrogens (tertiary/aromatic N) is 2. The maximum absolute atomic E-state index is 13.0. The molecule has 198 valence electrons. The van der Waals surface area contributed by atoms with Crippen molar-refractivity contribution in [1.29, 1.82) is 0 Å². The Hall–Kier alpha value is -3.42. The molecular weight excluding hydrogens is 468 g/mol. The lowest BCUT2D eigenvalue weighted by Crippen LogP contribution is -2.45. The van der Waals surface area contributed by atoms with Gasteiger partial charge in [-0.15, -0.1) is 0 Å². The molecule has 1 fully saturated rings. The predicted molar refractivity (Wildman–Crippen MR) is 143 cm³/mol. The summed E-state index contributed by atoms with van der Waals surface area (Å²) in [6.45, 7) is 6.02. The number of carbonyl (C=O) groups is 3. The van der Waals surface area contributed by atoms with Gasteiger partial charge < -0.3 is 20.6 Å². The van der Waals surface area contributed by atoms with Crippen LogP contribution in [0, 0.1) is 12.8 Å². The quantitative estimate of drug-likeness (QED) is 0.478. The fourth-order valence-corrected chi connectivity index (χ4v) is 5.45. The molecule has 0 bridgehead atoms. The number of likely N-dealkylation sites (tertiary alicyclic amines) is 1. The number of pyridine rings is 1. The van der Waals surface area contributed by atoms with E-state index in [-0.39, 0.29) is 17.7 Å². The molecule has 2 aliphatic rings. The molecule has 3 N–H and O–H groups in total. The summed E-state index contributed by atoms with van der Waals surface area (Å²) >= 11 is 0. The van der Waals surface area contributed by atoms with Gasteiger partial charge >= 0.3 is 5.97 Å². The fraction of sp³-hybridized carbons (Fsp3) is 0.517. The Bertz CT molecular complexity index is 1140. The number of aliphatic carboxylic acids is 1. The molecule has 37 heavy (non-hydrogen) atoms. The summed E-state index contributed by atoms with van der Waals surface area (Å²) in [7, 11) is 0. The molecule has 4 rings (SSSR count). The lowest BCUT2D eigenvalue weighted by atomic mass is 9.89. The summed E-state index contributed by atoms with van der Waals surface area (Å²) in [5, 5.41) is 15.9. The largest absolute Gasteiger partial charge is 0.480 e. The van der Waals surface area contributed by atoms with Gasteiger partial charge in [0, 0.05) is 37.3 Å². The van der Waals surface area contributed by atoms with Crippen molar-refractivity contribution in [3.05, 3.63) is 58.3 Å². The Morgan fingerprint density at radius 1 is 1.19 bits per heavy atom. The summed E-state index contributed by atoms with van der Waals surface area (Å²) in [6, 6.07) is 8.87. The van der Waals surface area contributed by atoms with E-state index in [1.165, 1.54) is 5.56 Å². The van der Waals surface area contributed by atoms with Crippen LogP contribution in [0.25, 0.3) is 0 Å². The highest BCUT2D eigenvalue weighted by Gasteiger charge is 2.29. The van der Waals surface area contributed by atoms with Crippen LogP contribution in [-0.2, 0) is 28.9 Å². The SMILES string of the molecule is CCc1cccc(C)c1C(=O)NC(CC1CCN(C(=O)CCc2ccc3c(n2)NCCC3)CC1)C(=O)O. The highest BCUT2D eigenvalue weighted by Crippen LogP contribution is 2.24. The molecule has 1 saturated heterocycles. The van der Waals surface area contributed by atoms with Crippen molar-refractivity contribution in [2.24, 2.45) is 5.92 Å². The van der Waals surface area contributed by atoms with Gasteiger partial charge in [0.25, 0.3) is 5.91 Å². The van der Waals surface area contributed by atoms with Crippen LogP contribution in [0.2, 0.25) is 0 Å². The Labute approximate surface area is 218 Å². The molecule has 1 unspecified atom stereocenters. The van der Waals surface area contributed by atoms with Gasteiger partial charge in [-0.2, -0.15) is 0 Å². The molecule has 3 heterocycles. The number of amides is 2. The minimum absolute atomic E-state index is 0.112. The van der Waals surface area contributed by atoms with Gasteiger partial charge in [-0.05, 0) is 80.5 Å². The van der Waals surface area contributed by atoms with Gasteiger partial charge in [-0.1, -0.05) is 31.2 Å². The van der Waals surface area contributed by atoms with E-state index in [1.807, 2.05) is 43.0 Å². The second-order valence-electron chi connectivity index (χ2n) is 10.2. The van der Waals surface area contributed by atoms with Crippen molar-refractivity contribution in [3.8, 4) is 0 Å². The van der Waals surface area contributed by atoms with Gasteiger partial charge in [0.05, 0.1) is 0 Å². The van der Waals surface area contributed by atoms with E-state index in [1.54, 1.807) is 0 Å². The number of carboxylic acids is 1. The Balaban J connectivity index is 1.26. The third-order valence-electron chi connectivity index (χ3n) is 7.65. The van der Waals surface area contributed by atoms with Crippen molar-refractivity contribution < 1.29 is 19.5 Å². The minimum atomic E-state index is -1.02. The van der Waals surface area contributed by atoms with Crippen LogP contribution in [-0.4, -0.2) is 58.5 Å². The summed E-state index contributed by atoms with van der Waals surface area (Å²) < 4.78 is 0. The van der Waals surface area contributed by atoms with Crippen LogP contribution in [0.4, 0.5) is 5.82 Å². The van der Waals surface area contributed by atoms with E-state index in [4.69, 9.17) is 0 Å². The highest BCUT2D eigenvalue weighted by molar-refractivity contribution is 5.99. The van der Waals surface area contributed by atoms with E-state index in [2.05, 4.69) is 21.7 Å². The first-order valence-corrected chi connectivity index (χ1v) is 13.5. The average Bonchev–Trinajstić information content (AvgIpc) is 2.91. The van der Waals surface area contributed by atoms with Crippen molar-refractivity contribution in [2.75, 3.05) is 25.0 Å². The number of fused-ring (bicyclic) bond motifs is 1. The van der Waals surface area contributed by atoms with E-state index in [0.29, 0.717) is 44.3 Å². The molecule has 2 amide bonds. The Morgan fingerprint density at radius 2 is 1.97 bits per heavy atom. The summed E-state index contributed by atoms with van der Waals surface area (Å²) in [4.78, 5) is 44.3. The summed E-state index contributed by atoms with van der Waals surface area (Å²) in [5.41, 5.74) is 4.49. The van der Waals surface area contributed by atoms with E-state index in [0.717, 1.165) is 54.9 Å². The first-order chi connectivity index (χ1) is 17.9. The molecule has 0 aliphatic carbocycles. The van der Waals surface area contributed by atoms with Crippen LogP contribution in [0.5, 0.6) is 0 Å². The van der Waals surface area contributed by atoms with Crippen LogP contribution in [0.3, 0.4) is 0 Å².